The molecule has 19 heavy (non-hydrogen) atoms. The highest BCUT2D eigenvalue weighted by Gasteiger charge is 2.37. The maximum atomic E-state index is 11.5. The van der Waals surface area contributed by atoms with Gasteiger partial charge in [0.05, 0.1) is 13.4 Å². The van der Waals surface area contributed by atoms with Gasteiger partial charge in [-0.15, -0.1) is 0 Å². The van der Waals surface area contributed by atoms with Crippen LogP contribution in [0.15, 0.2) is 6.33 Å². The summed E-state index contributed by atoms with van der Waals surface area (Å²) in [6, 6.07) is 0. The molecule has 1 aliphatic carbocycles. The molecule has 0 bridgehead atoms. The van der Waals surface area contributed by atoms with Gasteiger partial charge in [0.15, 0.2) is 5.69 Å². The molecule has 1 aliphatic rings. The highest BCUT2D eigenvalue weighted by Crippen LogP contribution is 2.35. The molecule has 0 atom stereocenters. The third-order valence-electron chi connectivity index (χ3n) is 4.20. The molecule has 1 heterocycles. The summed E-state index contributed by atoms with van der Waals surface area (Å²) in [6.45, 7) is 0.760. The number of methoxy groups -OCH3 is 1. The molecular weight excluding hydrogens is 244 g/mol. The molecule has 6 heteroatoms. The predicted octanol–water partition coefficient (Wildman–Crippen LogP) is 1.13. The van der Waals surface area contributed by atoms with Gasteiger partial charge in [-0.3, -0.25) is 0 Å². The first kappa shape index (κ1) is 13.9. The Morgan fingerprint density at radius 2 is 2.16 bits per heavy atom. The Kier molecular flexibility index (Phi) is 3.80. The van der Waals surface area contributed by atoms with E-state index in [1.54, 1.807) is 6.33 Å². The van der Waals surface area contributed by atoms with Crippen molar-refractivity contribution in [1.29, 1.82) is 0 Å². The smallest absolute Gasteiger partial charge is 0.360 e. The van der Waals surface area contributed by atoms with E-state index in [0.717, 1.165) is 19.4 Å². The fourth-order valence-corrected chi connectivity index (χ4v) is 2.87. The summed E-state index contributed by atoms with van der Waals surface area (Å²) in [5.41, 5.74) is 6.31. The lowest BCUT2D eigenvalue weighted by atomic mass is 9.96. The molecule has 1 aromatic heterocycles. The van der Waals surface area contributed by atoms with Crippen molar-refractivity contribution in [3.8, 4) is 0 Å². The van der Waals surface area contributed by atoms with E-state index in [4.69, 9.17) is 5.73 Å². The van der Waals surface area contributed by atoms with Crippen molar-refractivity contribution in [2.75, 3.05) is 26.9 Å². The lowest BCUT2D eigenvalue weighted by Gasteiger charge is -2.36. The van der Waals surface area contributed by atoms with Gasteiger partial charge in [-0.2, -0.15) is 0 Å². The van der Waals surface area contributed by atoms with Gasteiger partial charge in [0.25, 0.3) is 0 Å². The zero-order valence-electron chi connectivity index (χ0n) is 11.8. The third kappa shape index (κ3) is 2.45. The molecule has 2 rings (SSSR count). The van der Waals surface area contributed by atoms with Gasteiger partial charge in [0.2, 0.25) is 0 Å². The Morgan fingerprint density at radius 1 is 1.53 bits per heavy atom. The quantitative estimate of drug-likeness (QED) is 0.827. The largest absolute Gasteiger partial charge is 0.464 e. The van der Waals surface area contributed by atoms with Crippen LogP contribution in [-0.4, -0.2) is 47.2 Å². The molecule has 0 radical (unpaired) electrons. The summed E-state index contributed by atoms with van der Waals surface area (Å²) < 4.78 is 6.53. The second-order valence-corrected chi connectivity index (χ2v) is 5.42. The monoisotopic (exact) mass is 266 g/mol. The minimum atomic E-state index is -0.485. The van der Waals surface area contributed by atoms with Crippen LogP contribution in [-0.2, 0) is 11.3 Å². The van der Waals surface area contributed by atoms with Gasteiger partial charge in [-0.25, -0.2) is 9.78 Å². The van der Waals surface area contributed by atoms with Gasteiger partial charge in [-0.05, 0) is 26.9 Å². The summed E-state index contributed by atoms with van der Waals surface area (Å²) in [5.74, 6) is -0.0958. The third-order valence-corrected chi connectivity index (χ3v) is 4.20. The Hall–Kier alpha value is -1.56. The molecule has 2 N–H and O–H groups in total. The van der Waals surface area contributed by atoms with Gasteiger partial charge in [-0.1, -0.05) is 12.8 Å². The minimum absolute atomic E-state index is 0.113. The number of hydrogen-bond acceptors (Lipinski definition) is 5. The molecule has 0 aromatic carbocycles. The molecule has 0 aliphatic heterocycles. The number of aromatic nitrogens is 2. The van der Waals surface area contributed by atoms with Gasteiger partial charge in [0.1, 0.15) is 5.82 Å². The van der Waals surface area contributed by atoms with E-state index in [1.165, 1.54) is 20.0 Å². The normalized spacial score (nSPS) is 17.9. The Balaban J connectivity index is 2.23. The van der Waals surface area contributed by atoms with E-state index in [1.807, 2.05) is 4.57 Å². The standard InChI is InChI=1S/C13H22N4O2/c1-16(2)13(6-4-5-7-13)8-17-9-15-10(11(17)14)12(18)19-3/h9H,4-8,14H2,1-3H3. The first-order valence-corrected chi connectivity index (χ1v) is 6.56. The average molecular weight is 266 g/mol. The zero-order chi connectivity index (χ0) is 14.0. The Labute approximate surface area is 113 Å². The number of nitrogens with two attached hydrogens (primary N) is 1. The van der Waals surface area contributed by atoms with E-state index < -0.39 is 5.97 Å². The molecule has 1 aromatic rings. The molecule has 1 saturated carbocycles. The Morgan fingerprint density at radius 3 is 2.68 bits per heavy atom. The number of carbonyl (C=O) groups excluding carboxylic acids is 1. The number of nitrogens with zero attached hydrogens (tertiary/aromatic N) is 3. The number of nitrogen functional groups attached to an aromatic ring is 1. The second kappa shape index (κ2) is 5.21. The first-order valence-electron chi connectivity index (χ1n) is 6.56. The summed E-state index contributed by atoms with van der Waals surface area (Å²) in [4.78, 5) is 17.8. The minimum Gasteiger partial charge on any atom is -0.464 e. The van der Waals surface area contributed by atoms with Crippen LogP contribution >= 0.6 is 0 Å². The number of imidazole rings is 1. The number of ether oxygens (including phenoxy) is 1. The van der Waals surface area contributed by atoms with E-state index in [-0.39, 0.29) is 11.2 Å². The van der Waals surface area contributed by atoms with Crippen molar-refractivity contribution < 1.29 is 9.53 Å². The van der Waals surface area contributed by atoms with Crippen molar-refractivity contribution in [1.82, 2.24) is 14.5 Å². The van der Waals surface area contributed by atoms with Crippen LogP contribution < -0.4 is 5.73 Å². The van der Waals surface area contributed by atoms with Crippen molar-refractivity contribution >= 4 is 11.8 Å². The number of hydrogen-bond donors (Lipinski definition) is 1. The summed E-state index contributed by atoms with van der Waals surface area (Å²) in [5, 5.41) is 0. The van der Waals surface area contributed by atoms with E-state index in [0.29, 0.717) is 5.82 Å². The van der Waals surface area contributed by atoms with E-state index in [9.17, 15) is 4.79 Å². The van der Waals surface area contributed by atoms with E-state index >= 15 is 0 Å². The lowest BCUT2D eigenvalue weighted by molar-refractivity contribution is 0.0595. The number of esters is 1. The van der Waals surface area contributed by atoms with Crippen molar-refractivity contribution in [3.63, 3.8) is 0 Å². The average Bonchev–Trinajstić information content (AvgIpc) is 2.99. The molecule has 6 nitrogen and oxygen atoms in total. The van der Waals surface area contributed by atoms with Crippen LogP contribution in [0.3, 0.4) is 0 Å². The fourth-order valence-electron chi connectivity index (χ4n) is 2.87. The summed E-state index contributed by atoms with van der Waals surface area (Å²) in [6.07, 6.45) is 6.38. The number of anilines is 1. The molecule has 1 fully saturated rings. The van der Waals surface area contributed by atoms with Crippen LogP contribution in [0.2, 0.25) is 0 Å². The highest BCUT2D eigenvalue weighted by molar-refractivity contribution is 5.92. The molecule has 0 saturated heterocycles. The van der Waals surface area contributed by atoms with E-state index in [2.05, 4.69) is 28.7 Å². The fraction of sp³-hybridized carbons (Fsp3) is 0.692. The molecule has 0 unspecified atom stereocenters. The Bertz CT molecular complexity index is 461. The van der Waals surface area contributed by atoms with Crippen LogP contribution in [0.4, 0.5) is 5.82 Å². The molecule has 0 spiro atoms. The molecule has 106 valence electrons. The van der Waals surface area contributed by atoms with Crippen LogP contribution in [0.1, 0.15) is 36.2 Å². The van der Waals surface area contributed by atoms with Gasteiger partial charge < -0.3 is 19.9 Å². The summed E-state index contributed by atoms with van der Waals surface area (Å²) >= 11 is 0. The number of likely N-dealkylation sites (N-methyl/N-ethyl adjacent to an activating group) is 1. The van der Waals surface area contributed by atoms with Gasteiger partial charge in [0, 0.05) is 12.1 Å². The first-order chi connectivity index (χ1) is 9.00. The molecule has 0 amide bonds. The van der Waals surface area contributed by atoms with Crippen LogP contribution in [0.25, 0.3) is 0 Å². The topological polar surface area (TPSA) is 73.4 Å². The number of carbonyl (C=O) groups is 1. The van der Waals surface area contributed by atoms with Gasteiger partial charge >= 0.3 is 5.97 Å². The maximum absolute atomic E-state index is 11.5. The SMILES string of the molecule is COC(=O)c1ncn(CC2(N(C)C)CCCC2)c1N. The maximum Gasteiger partial charge on any atom is 0.360 e. The van der Waals surface area contributed by atoms with Crippen LogP contribution in [0.5, 0.6) is 0 Å². The highest BCUT2D eigenvalue weighted by atomic mass is 16.5. The summed E-state index contributed by atoms with van der Waals surface area (Å²) in [7, 11) is 5.53. The number of rotatable bonds is 4. The predicted molar refractivity (Wildman–Crippen MR) is 72.9 cm³/mol. The van der Waals surface area contributed by atoms with Crippen LogP contribution in [0, 0.1) is 0 Å². The second-order valence-electron chi connectivity index (χ2n) is 5.42. The zero-order valence-corrected chi connectivity index (χ0v) is 11.8. The van der Waals surface area contributed by atoms with Crippen molar-refractivity contribution in [2.45, 2.75) is 37.8 Å². The van der Waals surface area contributed by atoms with Crippen molar-refractivity contribution in [3.05, 3.63) is 12.0 Å². The molecular formula is C13H22N4O2. The lowest BCUT2D eigenvalue weighted by Crippen LogP contribution is -2.45. The van der Waals surface area contributed by atoms with Crippen molar-refractivity contribution in [2.24, 2.45) is 0 Å².